The highest BCUT2D eigenvalue weighted by Crippen LogP contribution is 2.30. The molecule has 1 fully saturated rings. The van der Waals surface area contributed by atoms with Gasteiger partial charge >= 0.3 is 11.9 Å². The number of rotatable bonds is 4. The molecule has 0 N–H and O–H groups in total. The number of nitrogens with zero attached hydrogens (tertiary/aromatic N) is 2. The van der Waals surface area contributed by atoms with Crippen LogP contribution in [0, 0.1) is 6.92 Å². The van der Waals surface area contributed by atoms with E-state index >= 15 is 0 Å². The normalized spacial score (nSPS) is 20.1. The van der Waals surface area contributed by atoms with Gasteiger partial charge in [0.2, 0.25) is 10.0 Å². The summed E-state index contributed by atoms with van der Waals surface area (Å²) in [6, 6.07) is 4.24. The molecule has 1 aromatic rings. The molecular formula is C17H22N2O7S. The Bertz CT molecular complexity index is 835. The molecule has 0 saturated carbocycles. The number of sulfonamides is 1. The van der Waals surface area contributed by atoms with Gasteiger partial charge in [-0.15, -0.1) is 0 Å². The van der Waals surface area contributed by atoms with Crippen molar-refractivity contribution in [3.63, 3.8) is 0 Å². The Morgan fingerprint density at radius 2 is 1.74 bits per heavy atom. The molecule has 0 radical (unpaired) electrons. The lowest BCUT2D eigenvalue weighted by Gasteiger charge is -2.25. The van der Waals surface area contributed by atoms with Crippen LogP contribution in [0.5, 0.6) is 0 Å². The number of carbonyl (C=O) groups excluding carboxylic acids is 3. The molecular weight excluding hydrogens is 376 g/mol. The zero-order chi connectivity index (χ0) is 20.4. The van der Waals surface area contributed by atoms with Gasteiger partial charge in [0, 0.05) is 20.4 Å². The topological polar surface area (TPSA) is 110 Å². The van der Waals surface area contributed by atoms with Crippen molar-refractivity contribution < 1.29 is 32.4 Å². The molecule has 27 heavy (non-hydrogen) atoms. The number of aryl methyl sites for hydroxylation is 1. The van der Waals surface area contributed by atoms with E-state index in [-0.39, 0.29) is 17.9 Å². The second-order valence-corrected chi connectivity index (χ2v) is 8.13. The number of hydrogen-bond acceptors (Lipinski definition) is 7. The van der Waals surface area contributed by atoms with Gasteiger partial charge in [-0.25, -0.2) is 8.42 Å². The molecule has 0 bridgehead atoms. The maximum absolute atomic E-state index is 13.0. The molecule has 148 valence electrons. The van der Waals surface area contributed by atoms with E-state index in [1.54, 1.807) is 12.1 Å². The highest BCUT2D eigenvalue weighted by molar-refractivity contribution is 7.89. The Morgan fingerprint density at radius 1 is 1.15 bits per heavy atom. The highest BCUT2D eigenvalue weighted by Gasteiger charge is 2.47. The van der Waals surface area contributed by atoms with E-state index < -0.39 is 40.0 Å². The van der Waals surface area contributed by atoms with Gasteiger partial charge in [-0.1, -0.05) is 17.7 Å². The van der Waals surface area contributed by atoms with Gasteiger partial charge in [0.15, 0.2) is 0 Å². The minimum Gasteiger partial charge on any atom is -0.468 e. The van der Waals surface area contributed by atoms with E-state index in [9.17, 15) is 22.8 Å². The SMILES string of the molecule is COC(=O)[C@@H]1C[C@@H](N(OC(C)=O)C(C)=O)CN1S(=O)(=O)c1ccc(C)cc1. The Labute approximate surface area is 157 Å². The van der Waals surface area contributed by atoms with Gasteiger partial charge in [0.25, 0.3) is 5.91 Å². The lowest BCUT2D eigenvalue weighted by atomic mass is 10.1. The first-order valence-electron chi connectivity index (χ1n) is 8.22. The Balaban J connectivity index is 2.40. The quantitative estimate of drug-likeness (QED) is 0.540. The molecule has 0 aliphatic carbocycles. The van der Waals surface area contributed by atoms with Crippen LogP contribution in [0.4, 0.5) is 0 Å². The third-order valence-electron chi connectivity index (χ3n) is 4.20. The third-order valence-corrected chi connectivity index (χ3v) is 6.09. The average molecular weight is 398 g/mol. The van der Waals surface area contributed by atoms with E-state index in [1.807, 2.05) is 6.92 Å². The summed E-state index contributed by atoms with van der Waals surface area (Å²) >= 11 is 0. The summed E-state index contributed by atoms with van der Waals surface area (Å²) in [6.45, 7) is 3.93. The summed E-state index contributed by atoms with van der Waals surface area (Å²) < 4.78 is 31.8. The predicted octanol–water partition coefficient (Wildman–Crippen LogP) is 0.626. The van der Waals surface area contributed by atoms with Gasteiger partial charge in [-0.05, 0) is 25.5 Å². The average Bonchev–Trinajstić information content (AvgIpc) is 3.04. The molecule has 1 aliphatic rings. The number of benzene rings is 1. The first-order valence-corrected chi connectivity index (χ1v) is 9.66. The van der Waals surface area contributed by atoms with Crippen molar-refractivity contribution in [2.75, 3.05) is 13.7 Å². The van der Waals surface area contributed by atoms with Crippen LogP contribution in [-0.2, 0) is 34.0 Å². The number of ether oxygens (including phenoxy) is 1. The van der Waals surface area contributed by atoms with Gasteiger partial charge in [0.05, 0.1) is 18.0 Å². The van der Waals surface area contributed by atoms with Crippen LogP contribution in [0.25, 0.3) is 0 Å². The van der Waals surface area contributed by atoms with E-state index in [0.29, 0.717) is 0 Å². The minimum atomic E-state index is -4.03. The minimum absolute atomic E-state index is 0.0181. The summed E-state index contributed by atoms with van der Waals surface area (Å²) in [5.41, 5.74) is 0.885. The van der Waals surface area contributed by atoms with Crippen LogP contribution in [0.1, 0.15) is 25.8 Å². The Hall–Kier alpha value is -2.46. The van der Waals surface area contributed by atoms with Crippen molar-refractivity contribution in [3.8, 4) is 0 Å². The van der Waals surface area contributed by atoms with Crippen LogP contribution >= 0.6 is 0 Å². The molecule has 2 atom stereocenters. The van der Waals surface area contributed by atoms with E-state index in [2.05, 4.69) is 0 Å². The standard InChI is InChI=1S/C17H22N2O7S/c1-11-5-7-15(8-6-11)27(23,24)18-10-14(9-16(18)17(22)25-4)19(12(2)20)26-13(3)21/h5-8,14,16H,9-10H2,1-4H3/t14-,16+/m1/s1. The van der Waals surface area contributed by atoms with Crippen molar-refractivity contribution in [2.45, 2.75) is 44.2 Å². The number of methoxy groups -OCH3 is 1. The summed E-state index contributed by atoms with van der Waals surface area (Å²) in [5.74, 6) is -2.05. The number of hydrogen-bond donors (Lipinski definition) is 0. The van der Waals surface area contributed by atoms with Crippen molar-refractivity contribution in [3.05, 3.63) is 29.8 Å². The summed E-state index contributed by atoms with van der Waals surface area (Å²) in [7, 11) is -2.87. The molecule has 0 unspecified atom stereocenters. The fraction of sp³-hybridized carbons (Fsp3) is 0.471. The van der Waals surface area contributed by atoms with Crippen LogP contribution in [0.2, 0.25) is 0 Å². The number of esters is 1. The van der Waals surface area contributed by atoms with Crippen molar-refractivity contribution in [2.24, 2.45) is 0 Å². The largest absolute Gasteiger partial charge is 0.468 e. The monoisotopic (exact) mass is 398 g/mol. The van der Waals surface area contributed by atoms with Gasteiger partial charge < -0.3 is 9.57 Å². The molecule has 10 heteroatoms. The molecule has 1 heterocycles. The van der Waals surface area contributed by atoms with E-state index in [0.717, 1.165) is 29.0 Å². The molecule has 2 rings (SSSR count). The zero-order valence-electron chi connectivity index (χ0n) is 15.5. The lowest BCUT2D eigenvalue weighted by molar-refractivity contribution is -0.203. The Kier molecular flexibility index (Phi) is 6.22. The summed E-state index contributed by atoms with van der Waals surface area (Å²) in [4.78, 5) is 40.2. The third kappa shape index (κ3) is 4.45. The van der Waals surface area contributed by atoms with E-state index in [1.165, 1.54) is 19.1 Å². The van der Waals surface area contributed by atoms with Crippen molar-refractivity contribution in [1.29, 1.82) is 0 Å². The van der Waals surface area contributed by atoms with Gasteiger partial charge in [-0.3, -0.25) is 14.4 Å². The molecule has 1 saturated heterocycles. The van der Waals surface area contributed by atoms with Crippen LogP contribution in [-0.4, -0.2) is 61.4 Å². The van der Waals surface area contributed by atoms with Gasteiger partial charge in [-0.2, -0.15) is 9.37 Å². The van der Waals surface area contributed by atoms with Crippen molar-refractivity contribution in [1.82, 2.24) is 9.37 Å². The lowest BCUT2D eigenvalue weighted by Crippen LogP contribution is -2.43. The predicted molar refractivity (Wildman–Crippen MR) is 93.6 cm³/mol. The zero-order valence-corrected chi connectivity index (χ0v) is 16.4. The smallest absolute Gasteiger partial charge is 0.329 e. The Morgan fingerprint density at radius 3 is 2.22 bits per heavy atom. The first-order chi connectivity index (χ1) is 12.6. The fourth-order valence-electron chi connectivity index (χ4n) is 2.95. The maximum Gasteiger partial charge on any atom is 0.329 e. The second-order valence-electron chi connectivity index (χ2n) is 6.24. The highest BCUT2D eigenvalue weighted by atomic mass is 32.2. The summed E-state index contributed by atoms with van der Waals surface area (Å²) in [5, 5.41) is 0.808. The van der Waals surface area contributed by atoms with E-state index in [4.69, 9.17) is 9.57 Å². The molecule has 1 aromatic carbocycles. The fourth-order valence-corrected chi connectivity index (χ4v) is 4.58. The van der Waals surface area contributed by atoms with Gasteiger partial charge in [0.1, 0.15) is 6.04 Å². The molecule has 1 amide bonds. The number of carbonyl (C=O) groups is 3. The number of amides is 1. The second kappa shape index (κ2) is 8.05. The van der Waals surface area contributed by atoms with Crippen LogP contribution in [0.3, 0.4) is 0 Å². The first kappa shape index (κ1) is 20.8. The molecule has 0 spiro atoms. The molecule has 9 nitrogen and oxygen atoms in total. The maximum atomic E-state index is 13.0. The molecule has 1 aliphatic heterocycles. The summed E-state index contributed by atoms with van der Waals surface area (Å²) in [6.07, 6.45) is -0.0510. The van der Waals surface area contributed by atoms with Crippen LogP contribution in [0.15, 0.2) is 29.2 Å². The number of hydroxylamine groups is 2. The van der Waals surface area contributed by atoms with Crippen molar-refractivity contribution >= 4 is 27.9 Å². The molecule has 0 aromatic heterocycles. The van der Waals surface area contributed by atoms with Crippen LogP contribution < -0.4 is 0 Å².